The van der Waals surface area contributed by atoms with E-state index >= 15 is 0 Å². The van der Waals surface area contributed by atoms with Crippen LogP contribution in [0.4, 0.5) is 0 Å². The van der Waals surface area contributed by atoms with Crippen LogP contribution in [-0.4, -0.2) is 25.8 Å². The second-order valence-electron chi connectivity index (χ2n) is 7.61. The second kappa shape index (κ2) is 12.4. The molecule has 0 amide bonds. The third kappa shape index (κ3) is 9.19. The molecule has 2 rings (SSSR count). The highest BCUT2D eigenvalue weighted by Gasteiger charge is 2.11. The predicted molar refractivity (Wildman–Crippen MR) is 133 cm³/mol. The maximum atomic E-state index is 5.86. The smallest absolute Gasteiger partial charge is 0.197 e. The molecular weight excluding hydrogens is 524 g/mol. The summed E-state index contributed by atoms with van der Waals surface area (Å²) in [5.74, 6) is 1.48. The van der Waals surface area contributed by atoms with Crippen molar-refractivity contribution >= 4 is 31.9 Å². The van der Waals surface area contributed by atoms with Gasteiger partial charge in [-0.15, -0.1) is 0 Å². The molecule has 0 radical (unpaired) electrons. The topological polar surface area (TPSA) is 36.9 Å². The Kier molecular flexibility index (Phi) is 10.3. The van der Waals surface area contributed by atoms with E-state index in [2.05, 4.69) is 69.3 Å². The number of rotatable bonds is 12. The van der Waals surface area contributed by atoms with Crippen molar-refractivity contribution in [1.82, 2.24) is 0 Å². The maximum Gasteiger partial charge on any atom is 0.197 e. The number of hydrogen-bond acceptors (Lipinski definition) is 4. The molecule has 2 aromatic rings. The van der Waals surface area contributed by atoms with Crippen molar-refractivity contribution in [2.45, 2.75) is 46.7 Å². The summed E-state index contributed by atoms with van der Waals surface area (Å²) in [5.41, 5.74) is 4.24. The Morgan fingerprint density at radius 1 is 0.774 bits per heavy atom. The van der Waals surface area contributed by atoms with Crippen molar-refractivity contribution in [3.8, 4) is 11.5 Å². The van der Waals surface area contributed by atoms with Crippen molar-refractivity contribution < 1.29 is 18.9 Å². The van der Waals surface area contributed by atoms with Crippen molar-refractivity contribution in [1.29, 1.82) is 0 Å². The van der Waals surface area contributed by atoms with Crippen LogP contribution in [0, 0.1) is 0 Å². The summed E-state index contributed by atoms with van der Waals surface area (Å²) in [6.45, 7) is 16.2. The normalized spacial score (nSPS) is 12.8. The van der Waals surface area contributed by atoms with Gasteiger partial charge in [0.25, 0.3) is 0 Å². The van der Waals surface area contributed by atoms with Crippen molar-refractivity contribution in [2.24, 2.45) is 0 Å². The van der Waals surface area contributed by atoms with Crippen LogP contribution in [0.25, 0.3) is 0 Å². The molecule has 31 heavy (non-hydrogen) atoms. The van der Waals surface area contributed by atoms with E-state index < -0.39 is 0 Å². The van der Waals surface area contributed by atoms with Gasteiger partial charge in [0.05, 0.1) is 22.2 Å². The molecule has 0 aromatic heterocycles. The number of halogens is 2. The standard InChI is InChI=1S/C25H30Br2O4/c1-16(2)14-28-18(5)30-24-9-7-20(12-22(24)26)11-21-8-10-25(23(27)13-21)31-19(6)29-15-17(3)4/h7-10,12-13,18-19H,1,3,11,14-15H2,2,4-6H3. The van der Waals surface area contributed by atoms with Gasteiger partial charge in [0.2, 0.25) is 0 Å². The van der Waals surface area contributed by atoms with Crippen molar-refractivity contribution in [2.75, 3.05) is 13.2 Å². The summed E-state index contributed by atoms with van der Waals surface area (Å²) in [7, 11) is 0. The molecule has 0 spiro atoms. The molecule has 0 bridgehead atoms. The van der Waals surface area contributed by atoms with Crippen LogP contribution in [0.5, 0.6) is 11.5 Å². The fraction of sp³-hybridized carbons (Fsp3) is 0.360. The molecule has 4 nitrogen and oxygen atoms in total. The van der Waals surface area contributed by atoms with Crippen LogP contribution < -0.4 is 9.47 Å². The van der Waals surface area contributed by atoms with Gasteiger partial charge in [0.1, 0.15) is 11.5 Å². The van der Waals surface area contributed by atoms with Gasteiger partial charge in [-0.2, -0.15) is 0 Å². The molecule has 2 aromatic carbocycles. The zero-order valence-electron chi connectivity index (χ0n) is 18.5. The zero-order valence-corrected chi connectivity index (χ0v) is 21.7. The molecule has 0 aliphatic heterocycles. The quantitative estimate of drug-likeness (QED) is 0.202. The first-order valence-corrected chi connectivity index (χ1v) is 11.6. The minimum Gasteiger partial charge on any atom is -0.464 e. The van der Waals surface area contributed by atoms with Crippen LogP contribution in [0.1, 0.15) is 38.8 Å². The van der Waals surface area contributed by atoms with Gasteiger partial charge < -0.3 is 18.9 Å². The SMILES string of the molecule is C=C(C)COC(C)Oc1ccc(Cc2ccc(OC(C)OCC(=C)C)c(Br)c2)cc1Br. The maximum absolute atomic E-state index is 5.86. The van der Waals surface area contributed by atoms with Gasteiger partial charge in [-0.1, -0.05) is 36.4 Å². The average molecular weight is 554 g/mol. The summed E-state index contributed by atoms with van der Waals surface area (Å²) in [4.78, 5) is 0. The Morgan fingerprint density at radius 2 is 1.16 bits per heavy atom. The van der Waals surface area contributed by atoms with E-state index in [0.29, 0.717) is 13.2 Å². The molecule has 0 aliphatic rings. The Bertz CT molecular complexity index is 837. The minimum atomic E-state index is -0.357. The first-order chi connectivity index (χ1) is 14.6. The van der Waals surface area contributed by atoms with E-state index in [1.807, 2.05) is 39.8 Å². The lowest BCUT2D eigenvalue weighted by atomic mass is 10.0. The molecular formula is C25H30Br2O4. The van der Waals surface area contributed by atoms with E-state index in [0.717, 1.165) is 49.1 Å². The zero-order chi connectivity index (χ0) is 23.0. The van der Waals surface area contributed by atoms with E-state index in [9.17, 15) is 0 Å². The molecule has 0 N–H and O–H groups in total. The van der Waals surface area contributed by atoms with Crippen LogP contribution in [0.15, 0.2) is 69.6 Å². The fourth-order valence-corrected chi connectivity index (χ4v) is 3.72. The van der Waals surface area contributed by atoms with Gasteiger partial charge in [0, 0.05) is 0 Å². The number of hydrogen-bond donors (Lipinski definition) is 0. The van der Waals surface area contributed by atoms with Crippen LogP contribution in [0.3, 0.4) is 0 Å². The second-order valence-corrected chi connectivity index (χ2v) is 9.32. The van der Waals surface area contributed by atoms with Crippen molar-refractivity contribution in [3.63, 3.8) is 0 Å². The van der Waals surface area contributed by atoms with Crippen LogP contribution in [-0.2, 0) is 15.9 Å². The molecule has 0 heterocycles. The summed E-state index contributed by atoms with van der Waals surface area (Å²) in [5, 5.41) is 0. The van der Waals surface area contributed by atoms with E-state index in [1.165, 1.54) is 0 Å². The lowest BCUT2D eigenvalue weighted by molar-refractivity contribution is -0.0579. The van der Waals surface area contributed by atoms with E-state index in [4.69, 9.17) is 18.9 Å². The highest BCUT2D eigenvalue weighted by molar-refractivity contribution is 9.10. The number of benzene rings is 2. The van der Waals surface area contributed by atoms with Gasteiger partial charge >= 0.3 is 0 Å². The first kappa shape index (κ1) is 25.7. The third-order valence-corrected chi connectivity index (χ3v) is 5.35. The molecule has 0 aliphatic carbocycles. The monoisotopic (exact) mass is 552 g/mol. The first-order valence-electron chi connectivity index (χ1n) is 10.1. The van der Waals surface area contributed by atoms with E-state index in [-0.39, 0.29) is 12.6 Å². The highest BCUT2D eigenvalue weighted by Crippen LogP contribution is 2.31. The van der Waals surface area contributed by atoms with Gasteiger partial charge in [0.15, 0.2) is 12.6 Å². The van der Waals surface area contributed by atoms with Crippen LogP contribution in [0.2, 0.25) is 0 Å². The summed E-state index contributed by atoms with van der Waals surface area (Å²) in [6.07, 6.45) is 0.0644. The molecule has 168 valence electrons. The van der Waals surface area contributed by atoms with Crippen molar-refractivity contribution in [3.05, 3.63) is 80.8 Å². The Labute approximate surface area is 202 Å². The minimum absolute atomic E-state index is 0.357. The largest absolute Gasteiger partial charge is 0.464 e. The van der Waals surface area contributed by atoms with Gasteiger partial charge in [-0.3, -0.25) is 0 Å². The average Bonchev–Trinajstić information content (AvgIpc) is 2.69. The Hall–Kier alpha value is -1.60. The van der Waals surface area contributed by atoms with Gasteiger partial charge in [-0.05, 0) is 101 Å². The summed E-state index contributed by atoms with van der Waals surface area (Å²) >= 11 is 7.20. The molecule has 0 saturated heterocycles. The van der Waals surface area contributed by atoms with Gasteiger partial charge in [-0.25, -0.2) is 0 Å². The Morgan fingerprint density at radius 3 is 1.48 bits per heavy atom. The lowest BCUT2D eigenvalue weighted by Crippen LogP contribution is -2.17. The third-order valence-electron chi connectivity index (χ3n) is 4.12. The predicted octanol–water partition coefficient (Wildman–Crippen LogP) is 7.44. The fourth-order valence-electron chi connectivity index (χ4n) is 2.68. The van der Waals surface area contributed by atoms with E-state index in [1.54, 1.807) is 0 Å². The van der Waals surface area contributed by atoms with Crippen LogP contribution >= 0.6 is 31.9 Å². The molecule has 2 atom stereocenters. The molecule has 0 saturated carbocycles. The summed E-state index contributed by atoms with van der Waals surface area (Å²) in [6, 6.07) is 12.1. The molecule has 0 fully saturated rings. The highest BCUT2D eigenvalue weighted by atomic mass is 79.9. The molecule has 2 unspecified atom stereocenters. The molecule has 6 heteroatoms. The lowest BCUT2D eigenvalue weighted by Gasteiger charge is -2.18. The summed E-state index contributed by atoms with van der Waals surface area (Å²) < 4.78 is 24.7. The number of ether oxygens (including phenoxy) is 4. The Balaban J connectivity index is 1.98.